The molecule has 1 fully saturated rings. The molecule has 1 unspecified atom stereocenters. The molecule has 19 heavy (non-hydrogen) atoms. The van der Waals surface area contributed by atoms with Crippen molar-refractivity contribution in [1.29, 1.82) is 0 Å². The minimum Gasteiger partial charge on any atom is -0.489 e. The maximum absolute atomic E-state index is 13.8. The number of aliphatic hydroxyl groups excluding tert-OH is 1. The molecule has 0 spiro atoms. The quantitative estimate of drug-likeness (QED) is 0.903. The minimum atomic E-state index is -3.31. The second-order valence-corrected chi connectivity index (χ2v) is 5.38. The zero-order valence-electron chi connectivity index (χ0n) is 10.7. The Hall–Kier alpha value is -0.870. The first-order valence-corrected chi connectivity index (χ1v) is 6.81. The first-order valence-electron chi connectivity index (χ1n) is 6.44. The van der Waals surface area contributed by atoms with Crippen molar-refractivity contribution in [1.82, 2.24) is 0 Å². The Morgan fingerprint density at radius 2 is 2.00 bits per heavy atom. The third kappa shape index (κ3) is 3.18. The van der Waals surface area contributed by atoms with Gasteiger partial charge in [0.25, 0.3) is 5.92 Å². The molecule has 0 amide bonds. The predicted octanol–water partition coefficient (Wildman–Crippen LogP) is 4.13. The smallest absolute Gasteiger partial charge is 0.298 e. The van der Waals surface area contributed by atoms with Crippen LogP contribution in [0.1, 0.15) is 38.2 Å². The molecule has 2 nitrogen and oxygen atoms in total. The van der Waals surface area contributed by atoms with Gasteiger partial charge in [-0.2, -0.15) is 8.78 Å². The number of hydrogen-bond donors (Lipinski definition) is 1. The number of ether oxygens (including phenoxy) is 1. The molecule has 2 rings (SSSR count). The van der Waals surface area contributed by atoms with Gasteiger partial charge in [-0.25, -0.2) is 0 Å². The van der Waals surface area contributed by atoms with Gasteiger partial charge in [-0.05, 0) is 44.7 Å². The Labute approximate surface area is 116 Å². The van der Waals surface area contributed by atoms with Gasteiger partial charge in [-0.1, -0.05) is 17.7 Å². The Morgan fingerprint density at radius 3 is 2.58 bits per heavy atom. The zero-order valence-corrected chi connectivity index (χ0v) is 11.5. The molecule has 106 valence electrons. The number of alkyl halides is 2. The maximum atomic E-state index is 13.8. The van der Waals surface area contributed by atoms with Crippen LogP contribution in [0.4, 0.5) is 8.78 Å². The summed E-state index contributed by atoms with van der Waals surface area (Å²) in [5, 5.41) is 9.47. The summed E-state index contributed by atoms with van der Waals surface area (Å²) in [6.45, 7) is 1.06. The van der Waals surface area contributed by atoms with Crippen molar-refractivity contribution in [3.63, 3.8) is 0 Å². The van der Waals surface area contributed by atoms with Crippen LogP contribution >= 0.6 is 11.6 Å². The fourth-order valence-electron chi connectivity index (χ4n) is 2.23. The Morgan fingerprint density at radius 1 is 1.37 bits per heavy atom. The van der Waals surface area contributed by atoms with E-state index in [2.05, 4.69) is 0 Å². The predicted molar refractivity (Wildman–Crippen MR) is 69.9 cm³/mol. The molecule has 1 atom stereocenters. The van der Waals surface area contributed by atoms with Gasteiger partial charge in [0.15, 0.2) is 0 Å². The maximum Gasteiger partial charge on any atom is 0.298 e. The van der Waals surface area contributed by atoms with Crippen molar-refractivity contribution >= 4 is 11.6 Å². The molecule has 5 heteroatoms. The van der Waals surface area contributed by atoms with Gasteiger partial charge in [0.1, 0.15) is 11.9 Å². The molecule has 0 radical (unpaired) electrons. The van der Waals surface area contributed by atoms with Gasteiger partial charge in [-0.3, -0.25) is 0 Å². The molecule has 1 aliphatic rings. The SMILES string of the molecule is CC(O)C(F)(F)c1ccc(Cl)c(OC2CCCC2)c1. The van der Waals surface area contributed by atoms with Crippen LogP contribution in [0.15, 0.2) is 18.2 Å². The summed E-state index contributed by atoms with van der Waals surface area (Å²) in [7, 11) is 0. The van der Waals surface area contributed by atoms with E-state index >= 15 is 0 Å². The number of rotatable bonds is 4. The van der Waals surface area contributed by atoms with Crippen LogP contribution in [0, 0.1) is 0 Å². The summed E-state index contributed by atoms with van der Waals surface area (Å²) in [6, 6.07) is 3.83. The largest absolute Gasteiger partial charge is 0.489 e. The molecule has 1 N–H and O–H groups in total. The minimum absolute atomic E-state index is 0.0490. The second-order valence-electron chi connectivity index (χ2n) is 4.97. The van der Waals surface area contributed by atoms with Gasteiger partial charge in [-0.15, -0.1) is 0 Å². The molecule has 0 aromatic heterocycles. The summed E-state index contributed by atoms with van der Waals surface area (Å²) in [4.78, 5) is 0. The Bertz CT molecular complexity index is 443. The number of benzene rings is 1. The summed E-state index contributed by atoms with van der Waals surface area (Å²) in [5.41, 5.74) is -0.278. The zero-order chi connectivity index (χ0) is 14.0. The van der Waals surface area contributed by atoms with E-state index in [1.165, 1.54) is 18.2 Å². The third-order valence-corrected chi connectivity index (χ3v) is 3.75. The fraction of sp³-hybridized carbons (Fsp3) is 0.571. The van der Waals surface area contributed by atoms with Crippen LogP contribution in [0.25, 0.3) is 0 Å². The van der Waals surface area contributed by atoms with Crippen molar-refractivity contribution < 1.29 is 18.6 Å². The van der Waals surface area contributed by atoms with Gasteiger partial charge >= 0.3 is 0 Å². The lowest BCUT2D eigenvalue weighted by molar-refractivity contribution is -0.106. The summed E-state index contributed by atoms with van der Waals surface area (Å²) >= 11 is 5.97. The Kier molecular flexibility index (Phi) is 4.31. The highest BCUT2D eigenvalue weighted by molar-refractivity contribution is 6.32. The molecule has 0 aliphatic heterocycles. The van der Waals surface area contributed by atoms with Crippen LogP contribution in [0.2, 0.25) is 5.02 Å². The van der Waals surface area contributed by atoms with Gasteiger partial charge in [0, 0.05) is 5.56 Å². The highest BCUT2D eigenvalue weighted by Gasteiger charge is 2.38. The van der Waals surface area contributed by atoms with E-state index in [4.69, 9.17) is 21.4 Å². The monoisotopic (exact) mass is 290 g/mol. The van der Waals surface area contributed by atoms with E-state index < -0.39 is 12.0 Å². The van der Waals surface area contributed by atoms with Crippen molar-refractivity contribution in [3.05, 3.63) is 28.8 Å². The third-order valence-electron chi connectivity index (χ3n) is 3.44. The van der Waals surface area contributed by atoms with Gasteiger partial charge in [0.2, 0.25) is 0 Å². The lowest BCUT2D eigenvalue weighted by Gasteiger charge is -2.21. The van der Waals surface area contributed by atoms with Crippen LogP contribution in [-0.2, 0) is 5.92 Å². The molecule has 1 aromatic rings. The van der Waals surface area contributed by atoms with Crippen molar-refractivity contribution in [2.75, 3.05) is 0 Å². The molecular weight excluding hydrogens is 274 g/mol. The van der Waals surface area contributed by atoms with Crippen LogP contribution in [0.5, 0.6) is 5.75 Å². The first-order chi connectivity index (χ1) is 8.91. The number of halogens is 3. The van der Waals surface area contributed by atoms with E-state index in [1.807, 2.05) is 0 Å². The van der Waals surface area contributed by atoms with E-state index in [9.17, 15) is 8.78 Å². The van der Waals surface area contributed by atoms with Gasteiger partial charge < -0.3 is 9.84 Å². The summed E-state index contributed by atoms with van der Waals surface area (Å²) < 4.78 is 33.2. The number of aliphatic hydroxyl groups is 1. The average Bonchev–Trinajstić information content (AvgIpc) is 2.84. The van der Waals surface area contributed by atoms with Crippen LogP contribution < -0.4 is 4.74 Å². The van der Waals surface area contributed by atoms with Crippen molar-refractivity contribution in [3.8, 4) is 5.75 Å². The van der Waals surface area contributed by atoms with E-state index in [0.29, 0.717) is 5.02 Å². The fourth-order valence-corrected chi connectivity index (χ4v) is 2.39. The van der Waals surface area contributed by atoms with Crippen molar-refractivity contribution in [2.24, 2.45) is 0 Å². The molecule has 1 aromatic carbocycles. The normalized spacial score (nSPS) is 18.6. The van der Waals surface area contributed by atoms with Crippen LogP contribution in [-0.4, -0.2) is 17.3 Å². The van der Waals surface area contributed by atoms with Crippen molar-refractivity contribution in [2.45, 2.75) is 50.7 Å². The lowest BCUT2D eigenvalue weighted by atomic mass is 10.0. The highest BCUT2D eigenvalue weighted by Crippen LogP contribution is 2.37. The highest BCUT2D eigenvalue weighted by atomic mass is 35.5. The van der Waals surface area contributed by atoms with E-state index in [1.54, 1.807) is 0 Å². The topological polar surface area (TPSA) is 29.5 Å². The Balaban J connectivity index is 2.23. The molecule has 0 saturated heterocycles. The van der Waals surface area contributed by atoms with E-state index in [0.717, 1.165) is 32.6 Å². The molecular formula is C14H17ClF2O2. The molecule has 0 bridgehead atoms. The molecule has 1 aliphatic carbocycles. The first kappa shape index (κ1) is 14.5. The van der Waals surface area contributed by atoms with Gasteiger partial charge in [0.05, 0.1) is 11.1 Å². The second kappa shape index (κ2) is 5.63. The summed E-state index contributed by atoms with van der Waals surface area (Å²) in [5.74, 6) is -3.04. The number of hydrogen-bond acceptors (Lipinski definition) is 2. The van der Waals surface area contributed by atoms with E-state index in [-0.39, 0.29) is 17.4 Å². The summed E-state index contributed by atoms with van der Waals surface area (Å²) in [6.07, 6.45) is 2.32. The molecule has 0 heterocycles. The standard InChI is InChI=1S/C14H17ClF2O2/c1-9(18)14(16,17)10-6-7-12(15)13(8-10)19-11-4-2-3-5-11/h6-9,11,18H,2-5H2,1H3. The average molecular weight is 291 g/mol. The molecule has 1 saturated carbocycles. The van der Waals surface area contributed by atoms with Crippen LogP contribution in [0.3, 0.4) is 0 Å². The lowest BCUT2D eigenvalue weighted by Crippen LogP contribution is -2.28.